The van der Waals surface area contributed by atoms with Crippen molar-refractivity contribution in [3.63, 3.8) is 0 Å². The molecule has 0 nitrogen and oxygen atoms in total. The molecule has 1 aliphatic heterocycles. The molecule has 1 heterocycles. The second-order valence-corrected chi connectivity index (χ2v) is 9.82. The maximum absolute atomic E-state index is 6.17. The molecule has 0 aliphatic carbocycles. The van der Waals surface area contributed by atoms with E-state index in [2.05, 4.69) is 115 Å². The van der Waals surface area contributed by atoms with Crippen molar-refractivity contribution in [1.29, 1.82) is 0 Å². The lowest BCUT2D eigenvalue weighted by atomic mass is 9.64. The van der Waals surface area contributed by atoms with E-state index in [4.69, 9.17) is 11.6 Å². The van der Waals surface area contributed by atoms with E-state index in [-0.39, 0.29) is 0 Å². The Morgan fingerprint density at radius 1 is 0.485 bits per heavy atom. The Balaban J connectivity index is 1.72. The zero-order chi connectivity index (χ0) is 22.3. The summed E-state index contributed by atoms with van der Waals surface area (Å²) in [6.07, 6.45) is 0. The van der Waals surface area contributed by atoms with Gasteiger partial charge in [0.2, 0.25) is 0 Å². The van der Waals surface area contributed by atoms with Gasteiger partial charge in [-0.05, 0) is 63.7 Å². The van der Waals surface area contributed by atoms with Crippen molar-refractivity contribution in [3.8, 4) is 11.1 Å². The van der Waals surface area contributed by atoms with E-state index < -0.39 is 5.41 Å². The lowest BCUT2D eigenvalue weighted by molar-refractivity contribution is 0.703. The van der Waals surface area contributed by atoms with E-state index in [1.165, 1.54) is 43.2 Å². The van der Waals surface area contributed by atoms with Crippen LogP contribution in [0, 0.1) is 0 Å². The van der Waals surface area contributed by atoms with E-state index in [1.807, 2.05) is 23.9 Å². The first-order valence-corrected chi connectivity index (χ1v) is 12.2. The molecule has 0 radical (unpaired) electrons. The molecule has 2 heteroatoms. The van der Waals surface area contributed by atoms with Crippen molar-refractivity contribution in [2.45, 2.75) is 15.2 Å². The van der Waals surface area contributed by atoms with Crippen molar-refractivity contribution in [3.05, 3.63) is 155 Å². The number of rotatable bonds is 3. The third kappa shape index (κ3) is 3.31. The van der Waals surface area contributed by atoms with Gasteiger partial charge in [-0.1, -0.05) is 120 Å². The van der Waals surface area contributed by atoms with Crippen LogP contribution in [0.1, 0.15) is 22.3 Å². The number of hydrogen-bond acceptors (Lipinski definition) is 1. The van der Waals surface area contributed by atoms with Crippen molar-refractivity contribution >= 4 is 23.4 Å². The SMILES string of the molecule is Clc1ccc(-c2ccc3c(c2)C(c2ccccc2)(c2ccccc2)c2ccccc2S3)cc1. The molecule has 0 saturated heterocycles. The molecule has 5 aromatic rings. The Morgan fingerprint density at radius 3 is 1.70 bits per heavy atom. The van der Waals surface area contributed by atoms with Gasteiger partial charge >= 0.3 is 0 Å². The van der Waals surface area contributed by atoms with Gasteiger partial charge in [0.15, 0.2) is 0 Å². The summed E-state index contributed by atoms with van der Waals surface area (Å²) in [5.74, 6) is 0. The molecule has 33 heavy (non-hydrogen) atoms. The van der Waals surface area contributed by atoms with E-state index >= 15 is 0 Å². The summed E-state index contributed by atoms with van der Waals surface area (Å²) in [5, 5.41) is 0.754. The molecular formula is C31H21ClS. The average molecular weight is 461 g/mol. The van der Waals surface area contributed by atoms with Gasteiger partial charge in [-0.2, -0.15) is 0 Å². The third-order valence-corrected chi connectivity index (χ3v) is 7.89. The van der Waals surface area contributed by atoms with Crippen LogP contribution in [-0.4, -0.2) is 0 Å². The third-order valence-electron chi connectivity index (χ3n) is 6.49. The number of fused-ring (bicyclic) bond motifs is 2. The second kappa shape index (κ2) is 8.26. The van der Waals surface area contributed by atoms with Crippen LogP contribution >= 0.6 is 23.4 Å². The zero-order valence-corrected chi connectivity index (χ0v) is 19.5. The fourth-order valence-electron chi connectivity index (χ4n) is 5.03. The van der Waals surface area contributed by atoms with Crippen LogP contribution in [0.25, 0.3) is 11.1 Å². The lowest BCUT2D eigenvalue weighted by Gasteiger charge is -2.42. The van der Waals surface area contributed by atoms with E-state index in [0.717, 1.165) is 5.02 Å². The maximum Gasteiger partial charge on any atom is 0.0723 e. The van der Waals surface area contributed by atoms with Crippen LogP contribution in [0.2, 0.25) is 5.02 Å². The maximum atomic E-state index is 6.17. The summed E-state index contributed by atoms with van der Waals surface area (Å²) in [6.45, 7) is 0. The van der Waals surface area contributed by atoms with Crippen LogP contribution in [0.4, 0.5) is 0 Å². The Bertz CT molecular complexity index is 1380. The van der Waals surface area contributed by atoms with Crippen LogP contribution in [0.5, 0.6) is 0 Å². The zero-order valence-electron chi connectivity index (χ0n) is 17.9. The molecule has 6 rings (SSSR count). The topological polar surface area (TPSA) is 0 Å². The highest BCUT2D eigenvalue weighted by Crippen LogP contribution is 2.56. The summed E-state index contributed by atoms with van der Waals surface area (Å²) in [7, 11) is 0. The molecule has 5 aromatic carbocycles. The molecular weight excluding hydrogens is 440 g/mol. The average Bonchev–Trinajstić information content (AvgIpc) is 2.88. The molecule has 0 aromatic heterocycles. The van der Waals surface area contributed by atoms with Crippen LogP contribution in [0.3, 0.4) is 0 Å². The largest absolute Gasteiger partial charge is 0.0894 e. The minimum Gasteiger partial charge on any atom is -0.0894 e. The molecule has 0 N–H and O–H groups in total. The summed E-state index contributed by atoms with van der Waals surface area (Å²) >= 11 is 8.03. The fourth-order valence-corrected chi connectivity index (χ4v) is 6.33. The van der Waals surface area contributed by atoms with Crippen LogP contribution in [-0.2, 0) is 5.41 Å². The minimum atomic E-state index is -0.401. The molecule has 0 saturated carbocycles. The monoisotopic (exact) mass is 460 g/mol. The smallest absolute Gasteiger partial charge is 0.0723 e. The standard InChI is InChI=1S/C31H21ClS/c32-26-18-15-22(16-19-26)23-17-20-30-28(21-23)31(24-9-3-1-4-10-24,25-11-5-2-6-12-25)27-13-7-8-14-29(27)33-30/h1-21H. The van der Waals surface area contributed by atoms with E-state index in [9.17, 15) is 0 Å². The van der Waals surface area contributed by atoms with E-state index in [1.54, 1.807) is 0 Å². The van der Waals surface area contributed by atoms with Crippen molar-refractivity contribution in [1.82, 2.24) is 0 Å². The Morgan fingerprint density at radius 2 is 1.03 bits per heavy atom. The molecule has 0 spiro atoms. The van der Waals surface area contributed by atoms with Crippen LogP contribution in [0.15, 0.2) is 137 Å². The minimum absolute atomic E-state index is 0.401. The van der Waals surface area contributed by atoms with Crippen molar-refractivity contribution in [2.24, 2.45) is 0 Å². The van der Waals surface area contributed by atoms with Gasteiger partial charge in [-0.3, -0.25) is 0 Å². The predicted octanol–water partition coefficient (Wildman–Crippen LogP) is 8.85. The first-order valence-electron chi connectivity index (χ1n) is 11.1. The quantitative estimate of drug-likeness (QED) is 0.254. The summed E-state index contributed by atoms with van der Waals surface area (Å²) < 4.78 is 0. The molecule has 0 amide bonds. The molecule has 0 fully saturated rings. The lowest BCUT2D eigenvalue weighted by Crippen LogP contribution is -2.34. The summed E-state index contributed by atoms with van der Waals surface area (Å²) in [5.41, 5.74) is 7.16. The van der Waals surface area contributed by atoms with Gasteiger partial charge in [-0.25, -0.2) is 0 Å². The number of benzene rings is 5. The Kier molecular flexibility index (Phi) is 5.10. The molecule has 0 unspecified atom stereocenters. The molecule has 0 atom stereocenters. The number of halogens is 1. The summed E-state index contributed by atoms with van der Waals surface area (Å²) in [4.78, 5) is 2.59. The van der Waals surface area contributed by atoms with Crippen LogP contribution < -0.4 is 0 Å². The first kappa shape index (κ1) is 20.4. The van der Waals surface area contributed by atoms with Gasteiger partial charge in [0, 0.05) is 14.8 Å². The normalized spacial score (nSPS) is 13.7. The Labute approximate surface area is 203 Å². The van der Waals surface area contributed by atoms with Gasteiger partial charge in [-0.15, -0.1) is 0 Å². The highest BCUT2D eigenvalue weighted by Gasteiger charge is 2.44. The highest BCUT2D eigenvalue weighted by molar-refractivity contribution is 7.99. The van der Waals surface area contributed by atoms with Crippen molar-refractivity contribution < 1.29 is 0 Å². The molecule has 1 aliphatic rings. The second-order valence-electron chi connectivity index (χ2n) is 8.30. The first-order chi connectivity index (χ1) is 16.3. The van der Waals surface area contributed by atoms with Gasteiger partial charge < -0.3 is 0 Å². The van der Waals surface area contributed by atoms with E-state index in [0.29, 0.717) is 0 Å². The highest BCUT2D eigenvalue weighted by atomic mass is 35.5. The van der Waals surface area contributed by atoms with Gasteiger partial charge in [0.25, 0.3) is 0 Å². The van der Waals surface area contributed by atoms with Gasteiger partial charge in [0.1, 0.15) is 0 Å². The molecule has 158 valence electrons. The fraction of sp³-hybridized carbons (Fsp3) is 0.0323. The molecule has 0 bridgehead atoms. The van der Waals surface area contributed by atoms with Crippen molar-refractivity contribution in [2.75, 3.05) is 0 Å². The predicted molar refractivity (Wildman–Crippen MR) is 139 cm³/mol. The number of hydrogen-bond donors (Lipinski definition) is 0. The van der Waals surface area contributed by atoms with Gasteiger partial charge in [0.05, 0.1) is 5.41 Å². The Hall–Kier alpha value is -3.26. The summed E-state index contributed by atoms with van der Waals surface area (Å²) in [6, 6.07) is 45.7.